The summed E-state index contributed by atoms with van der Waals surface area (Å²) in [6, 6.07) is 10.6. The predicted molar refractivity (Wildman–Crippen MR) is 122 cm³/mol. The zero-order valence-electron chi connectivity index (χ0n) is 17.7. The van der Waals surface area contributed by atoms with Crippen LogP contribution in [0.1, 0.15) is 89.3 Å². The Kier molecular flexibility index (Phi) is 7.76. The number of rotatable bonds is 12. The number of fused-ring (bicyclic) bond motifs is 1. The van der Waals surface area contributed by atoms with Gasteiger partial charge < -0.3 is 0 Å². The van der Waals surface area contributed by atoms with Crippen LogP contribution in [0.15, 0.2) is 40.3 Å². The number of benzene rings is 1. The van der Waals surface area contributed by atoms with Crippen molar-refractivity contribution in [1.82, 2.24) is 4.98 Å². The van der Waals surface area contributed by atoms with Crippen molar-refractivity contribution in [3.63, 3.8) is 0 Å². The first-order valence-corrected chi connectivity index (χ1v) is 11.2. The quantitative estimate of drug-likeness (QED) is 0.366. The lowest BCUT2D eigenvalue weighted by Crippen LogP contribution is -2.21. The Labute approximate surface area is 170 Å². The second-order valence-electron chi connectivity index (χ2n) is 8.28. The second kappa shape index (κ2) is 10.5. The van der Waals surface area contributed by atoms with Gasteiger partial charge in [-0.3, -0.25) is 9.98 Å². The zero-order chi connectivity index (χ0) is 19.7. The molecule has 1 atom stereocenters. The van der Waals surface area contributed by atoms with Gasteiger partial charge in [0, 0.05) is 22.9 Å². The molecule has 2 heterocycles. The van der Waals surface area contributed by atoms with Crippen LogP contribution in [0, 0.1) is 0 Å². The zero-order valence-corrected chi connectivity index (χ0v) is 17.7. The number of aromatic nitrogens is 1. The molecule has 2 aromatic rings. The van der Waals surface area contributed by atoms with E-state index in [1.165, 1.54) is 80.9 Å². The predicted octanol–water partition coefficient (Wildman–Crippen LogP) is 7.03. The Bertz CT molecular complexity index is 795. The smallest absolute Gasteiger partial charge is 0.121 e. The van der Waals surface area contributed by atoms with Crippen LogP contribution in [0.25, 0.3) is 10.9 Å². The van der Waals surface area contributed by atoms with Crippen molar-refractivity contribution in [2.24, 2.45) is 9.98 Å². The lowest BCUT2D eigenvalue weighted by atomic mass is 9.89. The van der Waals surface area contributed by atoms with Crippen molar-refractivity contribution >= 4 is 23.5 Å². The first-order valence-electron chi connectivity index (χ1n) is 11.2. The van der Waals surface area contributed by atoms with Crippen molar-refractivity contribution in [2.45, 2.75) is 90.0 Å². The van der Waals surface area contributed by atoms with E-state index in [2.05, 4.69) is 54.2 Å². The van der Waals surface area contributed by atoms with Gasteiger partial charge in [0.1, 0.15) is 11.9 Å². The maximum Gasteiger partial charge on any atom is 0.121 e. The third-order valence-corrected chi connectivity index (χ3v) is 5.83. The molecule has 1 aliphatic rings. The number of unbranched alkanes of at least 4 members (excludes halogenated alkanes) is 9. The molecule has 1 aromatic heterocycles. The van der Waals surface area contributed by atoms with Crippen LogP contribution in [-0.2, 0) is 12.0 Å². The first kappa shape index (κ1) is 20.7. The third-order valence-electron chi connectivity index (χ3n) is 5.83. The fourth-order valence-electron chi connectivity index (χ4n) is 4.07. The number of hydrogen-bond donors (Lipinski definition) is 0. The van der Waals surface area contributed by atoms with Gasteiger partial charge in [-0.25, -0.2) is 4.99 Å². The topological polar surface area (TPSA) is 37.6 Å². The Morgan fingerprint density at radius 1 is 0.857 bits per heavy atom. The SMILES string of the molecule is CCCCCCCCCCCCc1nc2ccccc2cc1C1(C)C=NC=N1. The molecule has 3 nitrogen and oxygen atoms in total. The highest BCUT2D eigenvalue weighted by Crippen LogP contribution is 2.31. The van der Waals surface area contributed by atoms with Gasteiger partial charge in [-0.15, -0.1) is 0 Å². The molecule has 1 aromatic carbocycles. The molecule has 28 heavy (non-hydrogen) atoms. The number of aryl methyl sites for hydroxylation is 1. The summed E-state index contributed by atoms with van der Waals surface area (Å²) in [5.74, 6) is 0. The van der Waals surface area contributed by atoms with Crippen molar-refractivity contribution in [2.75, 3.05) is 0 Å². The molecule has 0 aliphatic carbocycles. The molecule has 150 valence electrons. The molecule has 0 saturated heterocycles. The molecule has 1 unspecified atom stereocenters. The normalized spacial score (nSPS) is 18.4. The minimum absolute atomic E-state index is 0.370. The van der Waals surface area contributed by atoms with E-state index < -0.39 is 0 Å². The van der Waals surface area contributed by atoms with Crippen LogP contribution in [0.5, 0.6) is 0 Å². The van der Waals surface area contributed by atoms with Gasteiger partial charge in [0.05, 0.1) is 5.52 Å². The Balaban J connectivity index is 1.54. The van der Waals surface area contributed by atoms with E-state index in [-0.39, 0.29) is 5.54 Å². The minimum Gasteiger partial charge on any atom is -0.257 e. The van der Waals surface area contributed by atoms with Gasteiger partial charge in [0.15, 0.2) is 0 Å². The summed E-state index contributed by atoms with van der Waals surface area (Å²) in [5, 5.41) is 1.18. The van der Waals surface area contributed by atoms with E-state index in [1.807, 2.05) is 6.21 Å². The summed E-state index contributed by atoms with van der Waals surface area (Å²) in [6.07, 6.45) is 18.2. The van der Waals surface area contributed by atoms with Crippen molar-refractivity contribution in [1.29, 1.82) is 0 Å². The number of pyridine rings is 1. The standard InChI is InChI=1S/C25H35N3/c1-3-4-5-6-7-8-9-10-11-12-17-24-22(25(2)19-26-20-27-25)18-21-15-13-14-16-23(21)28-24/h13-16,18-20H,3-12,17H2,1-2H3. The van der Waals surface area contributed by atoms with Crippen LogP contribution in [0.2, 0.25) is 0 Å². The average molecular weight is 378 g/mol. The van der Waals surface area contributed by atoms with Crippen LogP contribution >= 0.6 is 0 Å². The van der Waals surface area contributed by atoms with E-state index in [9.17, 15) is 0 Å². The number of hydrogen-bond acceptors (Lipinski definition) is 3. The highest BCUT2D eigenvalue weighted by atomic mass is 15.0. The highest BCUT2D eigenvalue weighted by Gasteiger charge is 2.29. The van der Waals surface area contributed by atoms with Gasteiger partial charge in [-0.2, -0.15) is 0 Å². The number of nitrogens with zero attached hydrogens (tertiary/aromatic N) is 3. The Hall–Kier alpha value is -2.03. The Morgan fingerprint density at radius 2 is 1.54 bits per heavy atom. The lowest BCUT2D eigenvalue weighted by molar-refractivity contribution is 0.554. The number of para-hydroxylation sites is 1. The molecular weight excluding hydrogens is 342 g/mol. The van der Waals surface area contributed by atoms with E-state index >= 15 is 0 Å². The molecule has 0 bridgehead atoms. The Morgan fingerprint density at radius 3 is 2.21 bits per heavy atom. The van der Waals surface area contributed by atoms with Gasteiger partial charge in [-0.1, -0.05) is 82.9 Å². The van der Waals surface area contributed by atoms with Gasteiger partial charge in [0.25, 0.3) is 0 Å². The minimum atomic E-state index is -0.370. The summed E-state index contributed by atoms with van der Waals surface area (Å²) in [4.78, 5) is 13.9. The molecule has 0 spiro atoms. The summed E-state index contributed by atoms with van der Waals surface area (Å²) in [7, 11) is 0. The van der Waals surface area contributed by atoms with E-state index in [0.29, 0.717) is 0 Å². The van der Waals surface area contributed by atoms with Crippen LogP contribution < -0.4 is 0 Å². The van der Waals surface area contributed by atoms with E-state index in [4.69, 9.17) is 4.98 Å². The van der Waals surface area contributed by atoms with Crippen LogP contribution in [-0.4, -0.2) is 17.5 Å². The fourth-order valence-corrected chi connectivity index (χ4v) is 4.07. The largest absolute Gasteiger partial charge is 0.257 e. The molecule has 3 rings (SSSR count). The monoisotopic (exact) mass is 377 g/mol. The molecule has 0 fully saturated rings. The second-order valence-corrected chi connectivity index (χ2v) is 8.28. The highest BCUT2D eigenvalue weighted by molar-refractivity contribution is 5.89. The molecule has 1 aliphatic heterocycles. The first-order chi connectivity index (χ1) is 13.7. The maximum absolute atomic E-state index is 5.01. The van der Waals surface area contributed by atoms with E-state index in [0.717, 1.165) is 11.9 Å². The third kappa shape index (κ3) is 5.50. The molecule has 0 saturated carbocycles. The molecule has 0 N–H and O–H groups in total. The lowest BCUT2D eigenvalue weighted by Gasteiger charge is -2.21. The molecule has 3 heteroatoms. The van der Waals surface area contributed by atoms with Crippen molar-refractivity contribution in [3.8, 4) is 0 Å². The average Bonchev–Trinajstić information content (AvgIpc) is 3.16. The fraction of sp³-hybridized carbons (Fsp3) is 0.560. The number of aliphatic imine (C=N–C) groups is 2. The molecule has 0 amide bonds. The summed E-state index contributed by atoms with van der Waals surface area (Å²) < 4.78 is 0. The van der Waals surface area contributed by atoms with Crippen LogP contribution in [0.3, 0.4) is 0 Å². The van der Waals surface area contributed by atoms with Crippen LogP contribution in [0.4, 0.5) is 0 Å². The summed E-state index contributed by atoms with van der Waals surface area (Å²) in [5.41, 5.74) is 3.10. The van der Waals surface area contributed by atoms with Gasteiger partial charge in [0.2, 0.25) is 0 Å². The van der Waals surface area contributed by atoms with Crippen molar-refractivity contribution in [3.05, 3.63) is 41.6 Å². The maximum atomic E-state index is 5.01. The van der Waals surface area contributed by atoms with E-state index in [1.54, 1.807) is 6.34 Å². The van der Waals surface area contributed by atoms with Gasteiger partial charge in [-0.05, 0) is 31.9 Å². The molecule has 0 radical (unpaired) electrons. The summed E-state index contributed by atoms with van der Waals surface area (Å²) >= 11 is 0. The van der Waals surface area contributed by atoms with Gasteiger partial charge >= 0.3 is 0 Å². The molecular formula is C25H35N3. The van der Waals surface area contributed by atoms with Crippen molar-refractivity contribution < 1.29 is 0 Å². The summed E-state index contributed by atoms with van der Waals surface area (Å²) in [6.45, 7) is 4.41.